The van der Waals surface area contributed by atoms with Gasteiger partial charge in [-0.05, 0) is 6.07 Å². The van der Waals surface area contributed by atoms with Crippen LogP contribution < -0.4 is 10.1 Å². The lowest BCUT2D eigenvalue weighted by Crippen LogP contribution is -2.07. The van der Waals surface area contributed by atoms with E-state index in [-0.39, 0.29) is 12.4 Å². The number of aromatic nitrogens is 2. The molecule has 0 aliphatic carbocycles. The predicted molar refractivity (Wildman–Crippen MR) is 73.0 cm³/mol. The SMILES string of the molecule is COCc1nc(NCc2ccccc2F)cc(OC)n1. The van der Waals surface area contributed by atoms with Crippen molar-refractivity contribution in [2.75, 3.05) is 19.5 Å². The second-order valence-electron chi connectivity index (χ2n) is 4.09. The van der Waals surface area contributed by atoms with Crippen molar-refractivity contribution < 1.29 is 13.9 Å². The maximum atomic E-state index is 13.5. The van der Waals surface area contributed by atoms with Crippen LogP contribution in [0.1, 0.15) is 11.4 Å². The predicted octanol–water partition coefficient (Wildman–Crippen LogP) is 2.38. The molecule has 2 rings (SSSR count). The first-order valence-electron chi connectivity index (χ1n) is 6.11. The van der Waals surface area contributed by atoms with Crippen molar-refractivity contribution in [3.63, 3.8) is 0 Å². The molecule has 1 N–H and O–H groups in total. The molecule has 0 unspecified atom stereocenters. The molecule has 6 heteroatoms. The Hall–Kier alpha value is -2.21. The number of rotatable bonds is 6. The van der Waals surface area contributed by atoms with E-state index in [9.17, 15) is 4.39 Å². The van der Waals surface area contributed by atoms with Crippen LogP contribution in [0, 0.1) is 5.82 Å². The first-order valence-corrected chi connectivity index (χ1v) is 6.11. The quantitative estimate of drug-likeness (QED) is 0.878. The molecular weight excluding hydrogens is 261 g/mol. The van der Waals surface area contributed by atoms with Crippen LogP contribution in [0.25, 0.3) is 0 Å². The highest BCUT2D eigenvalue weighted by Gasteiger charge is 2.06. The number of benzene rings is 1. The Morgan fingerprint density at radius 2 is 2.00 bits per heavy atom. The summed E-state index contributed by atoms with van der Waals surface area (Å²) in [4.78, 5) is 8.41. The van der Waals surface area contributed by atoms with Crippen molar-refractivity contribution in [2.45, 2.75) is 13.2 Å². The van der Waals surface area contributed by atoms with Crippen LogP contribution in [0.2, 0.25) is 0 Å². The van der Waals surface area contributed by atoms with Gasteiger partial charge in [0.15, 0.2) is 5.82 Å². The molecule has 0 aliphatic heterocycles. The third-order valence-electron chi connectivity index (χ3n) is 2.65. The fourth-order valence-corrected chi connectivity index (χ4v) is 1.69. The first kappa shape index (κ1) is 14.2. The summed E-state index contributed by atoms with van der Waals surface area (Å²) in [5.41, 5.74) is 0.568. The molecule has 0 amide bonds. The topological polar surface area (TPSA) is 56.3 Å². The van der Waals surface area contributed by atoms with E-state index in [1.54, 1.807) is 31.4 Å². The van der Waals surface area contributed by atoms with Gasteiger partial charge in [-0.15, -0.1) is 0 Å². The summed E-state index contributed by atoms with van der Waals surface area (Å²) in [5, 5.41) is 3.05. The number of hydrogen-bond donors (Lipinski definition) is 1. The average molecular weight is 277 g/mol. The molecule has 1 aromatic heterocycles. The van der Waals surface area contributed by atoms with Crippen LogP contribution in [0.15, 0.2) is 30.3 Å². The maximum absolute atomic E-state index is 13.5. The molecule has 1 aromatic carbocycles. The summed E-state index contributed by atoms with van der Waals surface area (Å²) in [6.45, 7) is 0.616. The molecule has 20 heavy (non-hydrogen) atoms. The minimum Gasteiger partial charge on any atom is -0.481 e. The number of nitrogens with zero attached hydrogens (tertiary/aromatic N) is 2. The molecule has 0 bridgehead atoms. The molecule has 0 spiro atoms. The number of anilines is 1. The smallest absolute Gasteiger partial charge is 0.218 e. The summed E-state index contributed by atoms with van der Waals surface area (Å²) in [6.07, 6.45) is 0. The molecule has 0 saturated heterocycles. The Kier molecular flexibility index (Phi) is 4.84. The van der Waals surface area contributed by atoms with Gasteiger partial charge in [-0.25, -0.2) is 9.37 Å². The third-order valence-corrected chi connectivity index (χ3v) is 2.65. The first-order chi connectivity index (χ1) is 9.72. The van der Waals surface area contributed by atoms with E-state index < -0.39 is 0 Å². The average Bonchev–Trinajstić information content (AvgIpc) is 2.46. The van der Waals surface area contributed by atoms with Crippen molar-refractivity contribution in [1.29, 1.82) is 0 Å². The summed E-state index contributed by atoms with van der Waals surface area (Å²) in [7, 11) is 3.09. The van der Waals surface area contributed by atoms with Gasteiger partial charge in [-0.1, -0.05) is 18.2 Å². The Morgan fingerprint density at radius 3 is 2.70 bits per heavy atom. The Bertz CT molecular complexity index is 578. The Morgan fingerprint density at radius 1 is 1.20 bits per heavy atom. The van der Waals surface area contributed by atoms with E-state index in [0.29, 0.717) is 29.6 Å². The molecular formula is C14H16FN3O2. The molecule has 0 atom stereocenters. The molecule has 0 radical (unpaired) electrons. The van der Waals surface area contributed by atoms with E-state index in [1.807, 2.05) is 0 Å². The largest absolute Gasteiger partial charge is 0.481 e. The molecule has 5 nitrogen and oxygen atoms in total. The second-order valence-corrected chi connectivity index (χ2v) is 4.09. The highest BCUT2D eigenvalue weighted by atomic mass is 19.1. The van der Waals surface area contributed by atoms with Gasteiger partial charge in [0.1, 0.15) is 18.2 Å². The number of halogens is 1. The van der Waals surface area contributed by atoms with E-state index >= 15 is 0 Å². The van der Waals surface area contributed by atoms with Crippen LogP contribution in [0.3, 0.4) is 0 Å². The van der Waals surface area contributed by atoms with Gasteiger partial charge in [0.25, 0.3) is 0 Å². The van der Waals surface area contributed by atoms with Gasteiger partial charge in [0, 0.05) is 25.3 Å². The lowest BCUT2D eigenvalue weighted by molar-refractivity contribution is 0.177. The van der Waals surface area contributed by atoms with Gasteiger partial charge in [0.05, 0.1) is 7.11 Å². The van der Waals surface area contributed by atoms with Crippen LogP contribution in [-0.4, -0.2) is 24.2 Å². The van der Waals surface area contributed by atoms with Gasteiger partial charge < -0.3 is 14.8 Å². The van der Waals surface area contributed by atoms with E-state index in [0.717, 1.165) is 0 Å². The zero-order valence-corrected chi connectivity index (χ0v) is 11.4. The van der Waals surface area contributed by atoms with E-state index in [4.69, 9.17) is 9.47 Å². The number of ether oxygens (including phenoxy) is 2. The fourth-order valence-electron chi connectivity index (χ4n) is 1.69. The molecule has 106 valence electrons. The van der Waals surface area contributed by atoms with Gasteiger partial charge in [-0.3, -0.25) is 0 Å². The highest BCUT2D eigenvalue weighted by molar-refractivity contribution is 5.39. The zero-order chi connectivity index (χ0) is 14.4. The Balaban J connectivity index is 2.12. The molecule has 2 aromatic rings. The van der Waals surface area contributed by atoms with Gasteiger partial charge >= 0.3 is 0 Å². The van der Waals surface area contributed by atoms with E-state index in [1.165, 1.54) is 13.2 Å². The van der Waals surface area contributed by atoms with Crippen LogP contribution >= 0.6 is 0 Å². The number of nitrogens with one attached hydrogen (secondary N) is 1. The number of hydrogen-bond acceptors (Lipinski definition) is 5. The Labute approximate surface area is 116 Å². The molecule has 0 aliphatic rings. The lowest BCUT2D eigenvalue weighted by atomic mass is 10.2. The summed E-state index contributed by atoms with van der Waals surface area (Å²) >= 11 is 0. The monoisotopic (exact) mass is 277 g/mol. The van der Waals surface area contributed by atoms with Crippen LogP contribution in [0.5, 0.6) is 5.88 Å². The fraction of sp³-hybridized carbons (Fsp3) is 0.286. The van der Waals surface area contributed by atoms with Crippen LogP contribution in [-0.2, 0) is 17.9 Å². The standard InChI is InChI=1S/C14H16FN3O2/c1-19-9-13-17-12(7-14(18-13)20-2)16-8-10-5-3-4-6-11(10)15/h3-7H,8-9H2,1-2H3,(H,16,17,18). The summed E-state index contributed by atoms with van der Waals surface area (Å²) in [6, 6.07) is 8.24. The van der Waals surface area contributed by atoms with Crippen molar-refractivity contribution >= 4 is 5.82 Å². The second kappa shape index (κ2) is 6.81. The van der Waals surface area contributed by atoms with Crippen molar-refractivity contribution in [3.8, 4) is 5.88 Å². The highest BCUT2D eigenvalue weighted by Crippen LogP contribution is 2.15. The molecule has 1 heterocycles. The third kappa shape index (κ3) is 3.64. The maximum Gasteiger partial charge on any atom is 0.218 e. The minimum absolute atomic E-state index is 0.252. The van der Waals surface area contributed by atoms with Crippen LogP contribution in [0.4, 0.5) is 10.2 Å². The normalized spacial score (nSPS) is 10.3. The molecule has 0 saturated carbocycles. The number of methoxy groups -OCH3 is 2. The van der Waals surface area contributed by atoms with Crippen molar-refractivity contribution in [2.24, 2.45) is 0 Å². The summed E-state index contributed by atoms with van der Waals surface area (Å²) in [5.74, 6) is 1.25. The minimum atomic E-state index is -0.252. The molecule has 0 fully saturated rings. The van der Waals surface area contributed by atoms with Gasteiger partial charge in [0.2, 0.25) is 5.88 Å². The zero-order valence-electron chi connectivity index (χ0n) is 11.4. The van der Waals surface area contributed by atoms with Crippen molar-refractivity contribution in [1.82, 2.24) is 9.97 Å². The van der Waals surface area contributed by atoms with Gasteiger partial charge in [-0.2, -0.15) is 4.98 Å². The summed E-state index contributed by atoms with van der Waals surface area (Å²) < 4.78 is 23.6. The lowest BCUT2D eigenvalue weighted by Gasteiger charge is -2.09. The van der Waals surface area contributed by atoms with E-state index in [2.05, 4.69) is 15.3 Å². The van der Waals surface area contributed by atoms with Crippen molar-refractivity contribution in [3.05, 3.63) is 47.5 Å².